The molecule has 0 saturated heterocycles. The second-order valence-corrected chi connectivity index (χ2v) is 7.33. The molecular formula is C22H43NO5. The number of rotatable bonds is 20. The van der Waals surface area contributed by atoms with Crippen molar-refractivity contribution in [2.45, 2.75) is 90.9 Å². The predicted molar refractivity (Wildman–Crippen MR) is 112 cm³/mol. The Kier molecular flexibility index (Phi) is 19.8. The number of carbonyl (C=O) groups excluding carboxylic acids is 2. The molecule has 0 atom stereocenters. The van der Waals surface area contributed by atoms with Gasteiger partial charge in [0.2, 0.25) is 0 Å². The van der Waals surface area contributed by atoms with Crippen LogP contribution in [0.25, 0.3) is 0 Å². The molecule has 0 unspecified atom stereocenters. The predicted octanol–water partition coefficient (Wildman–Crippen LogP) is 4.09. The summed E-state index contributed by atoms with van der Waals surface area (Å²) in [6, 6.07) is 0. The van der Waals surface area contributed by atoms with Crippen molar-refractivity contribution in [2.75, 3.05) is 39.5 Å². The first-order valence-electron chi connectivity index (χ1n) is 11.3. The van der Waals surface area contributed by atoms with Crippen LogP contribution in [0.5, 0.6) is 0 Å². The molecule has 1 N–H and O–H groups in total. The molecule has 0 aromatic heterocycles. The van der Waals surface area contributed by atoms with Crippen molar-refractivity contribution in [1.82, 2.24) is 4.90 Å². The van der Waals surface area contributed by atoms with Crippen molar-refractivity contribution in [1.29, 1.82) is 0 Å². The fraction of sp³-hybridized carbons (Fsp3) is 0.909. The lowest BCUT2D eigenvalue weighted by Crippen LogP contribution is -2.34. The second-order valence-electron chi connectivity index (χ2n) is 7.33. The van der Waals surface area contributed by atoms with Gasteiger partial charge in [-0.15, -0.1) is 0 Å². The molecule has 0 saturated carbocycles. The molecule has 0 aromatic rings. The van der Waals surface area contributed by atoms with Crippen molar-refractivity contribution in [3.63, 3.8) is 0 Å². The summed E-state index contributed by atoms with van der Waals surface area (Å²) < 4.78 is 10.5. The third kappa shape index (κ3) is 18.2. The molecule has 0 aromatic carbocycles. The molecule has 0 bridgehead atoms. The van der Waals surface area contributed by atoms with Gasteiger partial charge in [-0.2, -0.15) is 0 Å². The van der Waals surface area contributed by atoms with E-state index in [2.05, 4.69) is 13.8 Å². The molecule has 6 heteroatoms. The molecule has 0 spiro atoms. The first kappa shape index (κ1) is 26.9. The summed E-state index contributed by atoms with van der Waals surface area (Å²) >= 11 is 0. The van der Waals surface area contributed by atoms with Gasteiger partial charge in [0, 0.05) is 32.5 Å². The molecule has 0 aliphatic heterocycles. The van der Waals surface area contributed by atoms with E-state index in [1.54, 1.807) is 0 Å². The fourth-order valence-electron chi connectivity index (χ4n) is 2.94. The summed E-state index contributed by atoms with van der Waals surface area (Å²) in [6.45, 7) is 6.52. The summed E-state index contributed by atoms with van der Waals surface area (Å²) in [5, 5.41) is 9.17. The lowest BCUT2D eigenvalue weighted by atomic mass is 10.1. The molecular weight excluding hydrogens is 358 g/mol. The average molecular weight is 402 g/mol. The van der Waals surface area contributed by atoms with Gasteiger partial charge in [-0.1, -0.05) is 65.2 Å². The third-order valence-corrected chi connectivity index (χ3v) is 4.73. The molecule has 0 heterocycles. The van der Waals surface area contributed by atoms with Crippen LogP contribution in [0, 0.1) is 0 Å². The lowest BCUT2D eigenvalue weighted by molar-refractivity contribution is -0.144. The topological polar surface area (TPSA) is 76.1 Å². The summed E-state index contributed by atoms with van der Waals surface area (Å²) in [4.78, 5) is 25.4. The summed E-state index contributed by atoms with van der Waals surface area (Å²) in [5.41, 5.74) is 0. The molecule has 166 valence electrons. The van der Waals surface area contributed by atoms with Crippen LogP contribution in [0.15, 0.2) is 0 Å². The first-order valence-corrected chi connectivity index (χ1v) is 11.3. The normalized spacial score (nSPS) is 11.0. The van der Waals surface area contributed by atoms with E-state index < -0.39 is 0 Å². The van der Waals surface area contributed by atoms with Crippen LogP contribution in [0.4, 0.5) is 0 Å². The van der Waals surface area contributed by atoms with Crippen LogP contribution >= 0.6 is 0 Å². The SMILES string of the molecule is CCCCCCCC(=O)OCCN(CCO)CCOC(=O)CCCCCCC. The van der Waals surface area contributed by atoms with Crippen molar-refractivity contribution >= 4 is 11.9 Å². The Morgan fingerprint density at radius 2 is 1.11 bits per heavy atom. The van der Waals surface area contributed by atoms with Crippen LogP contribution in [0.1, 0.15) is 90.9 Å². The highest BCUT2D eigenvalue weighted by Crippen LogP contribution is 2.07. The Labute approximate surface area is 172 Å². The Bertz CT molecular complexity index is 344. The number of aliphatic hydroxyl groups is 1. The monoisotopic (exact) mass is 401 g/mol. The Hall–Kier alpha value is -1.14. The van der Waals surface area contributed by atoms with Crippen LogP contribution in [0.2, 0.25) is 0 Å². The van der Waals surface area contributed by atoms with E-state index >= 15 is 0 Å². The maximum absolute atomic E-state index is 11.7. The van der Waals surface area contributed by atoms with Crippen LogP contribution in [0.3, 0.4) is 0 Å². The minimum Gasteiger partial charge on any atom is -0.464 e. The Morgan fingerprint density at radius 1 is 0.679 bits per heavy atom. The van der Waals surface area contributed by atoms with Crippen LogP contribution in [-0.4, -0.2) is 61.4 Å². The van der Waals surface area contributed by atoms with Gasteiger partial charge >= 0.3 is 11.9 Å². The van der Waals surface area contributed by atoms with Gasteiger partial charge in [0.15, 0.2) is 0 Å². The van der Waals surface area contributed by atoms with Crippen molar-refractivity contribution in [2.24, 2.45) is 0 Å². The maximum Gasteiger partial charge on any atom is 0.305 e. The maximum atomic E-state index is 11.7. The van der Waals surface area contributed by atoms with Crippen molar-refractivity contribution in [3.8, 4) is 0 Å². The number of unbranched alkanes of at least 4 members (excludes halogenated alkanes) is 8. The summed E-state index contributed by atoms with van der Waals surface area (Å²) in [5.74, 6) is -0.315. The number of esters is 2. The average Bonchev–Trinajstić information content (AvgIpc) is 2.67. The van der Waals surface area contributed by atoms with Gasteiger partial charge in [-0.25, -0.2) is 0 Å². The number of carbonyl (C=O) groups is 2. The lowest BCUT2D eigenvalue weighted by Gasteiger charge is -2.20. The minimum atomic E-state index is -0.157. The number of nitrogens with zero attached hydrogens (tertiary/aromatic N) is 1. The smallest absolute Gasteiger partial charge is 0.305 e. The van der Waals surface area contributed by atoms with E-state index in [0.29, 0.717) is 45.7 Å². The molecule has 6 nitrogen and oxygen atoms in total. The highest BCUT2D eigenvalue weighted by molar-refractivity contribution is 5.69. The Balaban J connectivity index is 3.76. The molecule has 0 fully saturated rings. The van der Waals surface area contributed by atoms with E-state index in [0.717, 1.165) is 25.7 Å². The number of hydrogen-bond donors (Lipinski definition) is 1. The molecule has 0 aliphatic rings. The molecule has 0 radical (unpaired) electrons. The molecule has 0 amide bonds. The van der Waals surface area contributed by atoms with Crippen LogP contribution in [-0.2, 0) is 19.1 Å². The van der Waals surface area contributed by atoms with Crippen molar-refractivity contribution in [3.05, 3.63) is 0 Å². The summed E-state index contributed by atoms with van der Waals surface area (Å²) in [6.07, 6.45) is 12.0. The quantitative estimate of drug-likeness (QED) is 0.245. The van der Waals surface area contributed by atoms with Gasteiger partial charge in [0.05, 0.1) is 6.61 Å². The number of hydrogen-bond acceptors (Lipinski definition) is 6. The standard InChI is InChI=1S/C22H43NO5/c1-3-5-7-9-11-13-21(25)27-19-16-23(15-18-24)17-20-28-22(26)14-12-10-8-6-4-2/h24H,3-20H2,1-2H3. The van der Waals surface area contributed by atoms with Gasteiger partial charge in [0.1, 0.15) is 13.2 Å². The van der Waals surface area contributed by atoms with Gasteiger partial charge in [-0.05, 0) is 12.8 Å². The van der Waals surface area contributed by atoms with E-state index in [9.17, 15) is 14.7 Å². The number of ether oxygens (including phenoxy) is 2. The van der Waals surface area contributed by atoms with E-state index in [1.165, 1.54) is 38.5 Å². The largest absolute Gasteiger partial charge is 0.464 e. The van der Waals surface area contributed by atoms with E-state index in [-0.39, 0.29) is 18.5 Å². The number of aliphatic hydroxyl groups excluding tert-OH is 1. The fourth-order valence-corrected chi connectivity index (χ4v) is 2.94. The van der Waals surface area contributed by atoms with E-state index in [4.69, 9.17) is 9.47 Å². The highest BCUT2D eigenvalue weighted by Gasteiger charge is 2.09. The van der Waals surface area contributed by atoms with Crippen molar-refractivity contribution < 1.29 is 24.2 Å². The molecule has 0 aliphatic carbocycles. The second kappa shape index (κ2) is 20.6. The zero-order chi connectivity index (χ0) is 20.9. The highest BCUT2D eigenvalue weighted by atomic mass is 16.5. The summed E-state index contributed by atoms with van der Waals surface area (Å²) in [7, 11) is 0. The Morgan fingerprint density at radius 3 is 1.50 bits per heavy atom. The van der Waals surface area contributed by atoms with E-state index in [1.807, 2.05) is 4.90 Å². The van der Waals surface area contributed by atoms with Gasteiger partial charge < -0.3 is 14.6 Å². The van der Waals surface area contributed by atoms with Crippen LogP contribution < -0.4 is 0 Å². The third-order valence-electron chi connectivity index (χ3n) is 4.73. The minimum absolute atomic E-state index is 0.0246. The molecule has 28 heavy (non-hydrogen) atoms. The molecule has 0 rings (SSSR count). The van der Waals surface area contributed by atoms with Gasteiger partial charge in [-0.3, -0.25) is 14.5 Å². The zero-order valence-corrected chi connectivity index (χ0v) is 18.3. The first-order chi connectivity index (χ1) is 13.6. The van der Waals surface area contributed by atoms with Gasteiger partial charge in [0.25, 0.3) is 0 Å². The zero-order valence-electron chi connectivity index (χ0n) is 18.3.